The van der Waals surface area contributed by atoms with E-state index in [0.717, 1.165) is 12.3 Å². The molecule has 0 aliphatic rings. The van der Waals surface area contributed by atoms with Gasteiger partial charge in [-0.15, -0.1) is 0 Å². The zero-order valence-electron chi connectivity index (χ0n) is 12.7. The van der Waals surface area contributed by atoms with Gasteiger partial charge in [0.1, 0.15) is 0 Å². The summed E-state index contributed by atoms with van der Waals surface area (Å²) in [5.74, 6) is 0. The average Bonchev–Trinajstić information content (AvgIpc) is 2.29. The van der Waals surface area contributed by atoms with Crippen molar-refractivity contribution in [2.45, 2.75) is 55.9 Å². The second kappa shape index (κ2) is 12.1. The summed E-state index contributed by atoms with van der Waals surface area (Å²) in [6.45, 7) is 9.70. The zero-order chi connectivity index (χ0) is 13.8. The molecule has 134 valence electrons. The molecule has 0 heterocycles. The van der Waals surface area contributed by atoms with E-state index in [1.54, 1.807) is 10.4 Å². The van der Waals surface area contributed by atoms with Gasteiger partial charge in [0.15, 0.2) is 0 Å². The summed E-state index contributed by atoms with van der Waals surface area (Å²) in [7, 11) is 1.51. The molecule has 22 heavy (non-hydrogen) atoms. The van der Waals surface area contributed by atoms with E-state index in [9.17, 15) is 0 Å². The lowest BCUT2D eigenvalue weighted by molar-refractivity contribution is 0.949. The van der Waals surface area contributed by atoms with Crippen molar-refractivity contribution in [1.82, 2.24) is 10.6 Å². The van der Waals surface area contributed by atoms with E-state index >= 15 is 0 Å². The highest BCUT2D eigenvalue weighted by Gasteiger charge is 2.25. The van der Waals surface area contributed by atoms with Crippen LogP contribution >= 0.6 is 0 Å². The van der Waals surface area contributed by atoms with Crippen LogP contribution in [0.5, 0.6) is 0 Å². The minimum atomic E-state index is -1.29. The van der Waals surface area contributed by atoms with Crippen molar-refractivity contribution >= 4 is 26.5 Å². The molecule has 2 nitrogen and oxygen atoms in total. The first kappa shape index (κ1) is 29.6. The fraction of sp³-hybridized carbons (Fsp3) is 0.667. The highest BCUT2D eigenvalue weighted by molar-refractivity contribution is 6.91. The minimum Gasteiger partial charge on any atom is -0.322 e. The lowest BCUT2D eigenvalue weighted by atomic mass is 10.4. The van der Waals surface area contributed by atoms with Gasteiger partial charge in [-0.2, -0.15) is 0 Å². The Morgan fingerprint density at radius 3 is 1.05 bits per heavy atom. The van der Waals surface area contributed by atoms with Crippen molar-refractivity contribution < 1.29 is 0 Å². The summed E-state index contributed by atoms with van der Waals surface area (Å²) < 4.78 is 0. The van der Waals surface area contributed by atoms with E-state index in [4.69, 9.17) is 0 Å². The number of benzene rings is 1. The molecule has 1 aromatic rings. The summed E-state index contributed by atoms with van der Waals surface area (Å²) in [5.41, 5.74) is 0. The molecule has 0 unspecified atom stereocenters. The average molecular weight is 345 g/mol. The molecular formula is C18H44N2Si2. The Morgan fingerprint density at radius 2 is 0.864 bits per heavy atom. The highest BCUT2D eigenvalue weighted by atomic mass is 28.3. The maximum Gasteiger partial charge on any atom is 0.0945 e. The molecule has 4 heteroatoms. The van der Waals surface area contributed by atoms with E-state index in [0.29, 0.717) is 0 Å². The molecule has 1 aromatic carbocycles. The molecule has 0 aromatic heterocycles. The van der Waals surface area contributed by atoms with Crippen LogP contribution in [-0.4, -0.2) is 42.6 Å². The Hall–Kier alpha value is -0.426. The van der Waals surface area contributed by atoms with Crippen LogP contribution in [0.3, 0.4) is 0 Å². The van der Waals surface area contributed by atoms with Gasteiger partial charge in [0.2, 0.25) is 0 Å². The van der Waals surface area contributed by atoms with E-state index < -0.39 is 16.1 Å². The molecule has 0 aliphatic heterocycles. The third-order valence-electron chi connectivity index (χ3n) is 3.69. The van der Waals surface area contributed by atoms with Crippen molar-refractivity contribution in [1.29, 1.82) is 0 Å². The van der Waals surface area contributed by atoms with Crippen molar-refractivity contribution in [2.75, 3.05) is 26.4 Å². The summed E-state index contributed by atoms with van der Waals surface area (Å²) in [6, 6.07) is 9.46. The number of hydrogen-bond acceptors (Lipinski definition) is 2. The largest absolute Gasteiger partial charge is 0.322 e. The second-order valence-corrected chi connectivity index (χ2v) is 15.8. The molecule has 0 bridgehead atoms. The second-order valence-electron chi connectivity index (χ2n) is 6.41. The Morgan fingerprint density at radius 1 is 0.636 bits per heavy atom. The number of hydrogen-bond donors (Lipinski definition) is 2. The third kappa shape index (κ3) is 7.72. The van der Waals surface area contributed by atoms with E-state index in [2.05, 4.69) is 61.1 Å². The fourth-order valence-electron chi connectivity index (χ4n) is 2.46. The molecule has 0 atom stereocenters. The minimum absolute atomic E-state index is 0. The van der Waals surface area contributed by atoms with Gasteiger partial charge in [-0.25, -0.2) is 0 Å². The summed E-state index contributed by atoms with van der Waals surface area (Å²) >= 11 is 0. The molecule has 0 radical (unpaired) electrons. The zero-order valence-corrected chi connectivity index (χ0v) is 14.7. The van der Waals surface area contributed by atoms with Crippen LogP contribution in [0.15, 0.2) is 24.3 Å². The first-order valence-corrected chi connectivity index (χ1v) is 13.1. The van der Waals surface area contributed by atoms with Gasteiger partial charge in [0, 0.05) is 0 Å². The monoisotopic (exact) mass is 344 g/mol. The van der Waals surface area contributed by atoms with Crippen LogP contribution in [-0.2, 0) is 0 Å². The molecule has 0 saturated carbocycles. The van der Waals surface area contributed by atoms with Crippen LogP contribution < -0.4 is 21.0 Å². The fourth-order valence-corrected chi connectivity index (χ4v) is 6.77. The van der Waals surface area contributed by atoms with Crippen LogP contribution in [0.25, 0.3) is 0 Å². The van der Waals surface area contributed by atoms with E-state index in [-0.39, 0.29) is 29.7 Å². The summed E-state index contributed by atoms with van der Waals surface area (Å²) in [5, 5.41) is 9.77. The van der Waals surface area contributed by atoms with Crippen molar-refractivity contribution in [3.8, 4) is 0 Å². The van der Waals surface area contributed by atoms with Crippen LogP contribution in [0.4, 0.5) is 0 Å². The van der Waals surface area contributed by atoms with Gasteiger partial charge in [-0.05, 0) is 26.4 Å². The first-order valence-electron chi connectivity index (χ1n) is 6.74. The smallest absolute Gasteiger partial charge is 0.0945 e. The molecule has 1 rings (SSSR count). The maximum absolute atomic E-state index is 3.33. The molecular weight excluding hydrogens is 300 g/mol. The van der Waals surface area contributed by atoms with Crippen molar-refractivity contribution in [2.24, 2.45) is 0 Å². The standard InChI is InChI=1S/C14H28N2Si2.4CH4/c1-15-11-17(3,4)13-7-9-14(10-8-13)18(5,6)12-16-2;;;;/h7-10,15-16H,11-12H2,1-6H3;4*1H4. The van der Waals surface area contributed by atoms with Crippen LogP contribution in [0, 0.1) is 0 Å². The number of rotatable bonds is 6. The molecule has 0 saturated heterocycles. The van der Waals surface area contributed by atoms with Crippen LogP contribution in [0.1, 0.15) is 29.7 Å². The molecule has 0 aliphatic carbocycles. The molecule has 2 N–H and O–H groups in total. The van der Waals surface area contributed by atoms with Gasteiger partial charge in [0.05, 0.1) is 16.1 Å². The van der Waals surface area contributed by atoms with Gasteiger partial charge in [-0.1, -0.05) is 90.5 Å². The number of nitrogens with one attached hydrogen (secondary N) is 2. The lowest BCUT2D eigenvalue weighted by Gasteiger charge is -2.26. The van der Waals surface area contributed by atoms with Crippen molar-refractivity contribution in [3.63, 3.8) is 0 Å². The normalized spacial score (nSPS) is 10.5. The van der Waals surface area contributed by atoms with Gasteiger partial charge in [0.25, 0.3) is 0 Å². The summed E-state index contributed by atoms with van der Waals surface area (Å²) in [4.78, 5) is 0. The summed E-state index contributed by atoms with van der Waals surface area (Å²) in [6.07, 6.45) is 2.29. The molecule has 0 amide bonds. The Kier molecular flexibility index (Phi) is 16.2. The highest BCUT2D eigenvalue weighted by Crippen LogP contribution is 2.04. The predicted octanol–water partition coefficient (Wildman–Crippen LogP) is 3.58. The molecule has 0 spiro atoms. The lowest BCUT2D eigenvalue weighted by Crippen LogP contribution is -2.52. The van der Waals surface area contributed by atoms with E-state index in [1.807, 2.05) is 14.1 Å². The Bertz CT molecular complexity index is 336. The van der Waals surface area contributed by atoms with Gasteiger partial charge < -0.3 is 10.6 Å². The third-order valence-corrected chi connectivity index (χ3v) is 9.95. The molecule has 0 fully saturated rings. The predicted molar refractivity (Wildman–Crippen MR) is 115 cm³/mol. The van der Waals surface area contributed by atoms with E-state index in [1.165, 1.54) is 0 Å². The van der Waals surface area contributed by atoms with Crippen LogP contribution in [0.2, 0.25) is 26.2 Å². The SMILES string of the molecule is C.C.C.C.CNC[Si](C)(C)c1ccc([Si](C)(C)CNC)cc1. The topological polar surface area (TPSA) is 24.1 Å². The maximum atomic E-state index is 3.33. The first-order chi connectivity index (χ1) is 8.33. The van der Waals surface area contributed by atoms with Gasteiger partial charge in [-0.3, -0.25) is 0 Å². The quantitative estimate of drug-likeness (QED) is 0.771. The Labute approximate surface area is 144 Å². The van der Waals surface area contributed by atoms with Crippen molar-refractivity contribution in [3.05, 3.63) is 24.3 Å². The van der Waals surface area contributed by atoms with Gasteiger partial charge >= 0.3 is 0 Å². The Balaban J connectivity index is -0.000000405.